The first-order valence-corrected chi connectivity index (χ1v) is 8.84. The highest BCUT2D eigenvalue weighted by molar-refractivity contribution is 5.78. The molecule has 8 nitrogen and oxygen atoms in total. The molecule has 1 N–H and O–H groups in total. The molecule has 0 spiro atoms. The Kier molecular flexibility index (Phi) is 4.52. The summed E-state index contributed by atoms with van der Waals surface area (Å²) >= 11 is 0. The SMILES string of the molecule is Cc1c(CC(=O)NCc2ccco2)c(=O)n2nc(-c3ccccc3)nc2n1C. The molecule has 3 heterocycles. The molecule has 4 rings (SSSR count). The summed E-state index contributed by atoms with van der Waals surface area (Å²) < 4.78 is 8.23. The topological polar surface area (TPSA) is 94.4 Å². The molecule has 8 heteroatoms. The van der Waals surface area contributed by atoms with E-state index in [4.69, 9.17) is 4.42 Å². The summed E-state index contributed by atoms with van der Waals surface area (Å²) in [4.78, 5) is 29.8. The van der Waals surface area contributed by atoms with Gasteiger partial charge < -0.3 is 14.3 Å². The van der Waals surface area contributed by atoms with Crippen LogP contribution in [0.4, 0.5) is 0 Å². The second-order valence-electron chi connectivity index (χ2n) is 6.47. The maximum atomic E-state index is 13.0. The highest BCUT2D eigenvalue weighted by atomic mass is 16.3. The van der Waals surface area contributed by atoms with E-state index in [9.17, 15) is 9.59 Å². The molecule has 0 saturated carbocycles. The number of hydrogen-bond acceptors (Lipinski definition) is 5. The predicted octanol–water partition coefficient (Wildman–Crippen LogP) is 1.86. The zero-order chi connectivity index (χ0) is 19.7. The monoisotopic (exact) mass is 377 g/mol. The molecule has 0 aliphatic rings. The predicted molar refractivity (Wildman–Crippen MR) is 103 cm³/mol. The zero-order valence-corrected chi connectivity index (χ0v) is 15.5. The Morgan fingerprint density at radius 2 is 1.96 bits per heavy atom. The lowest BCUT2D eigenvalue weighted by atomic mass is 10.1. The molecule has 0 aliphatic carbocycles. The van der Waals surface area contributed by atoms with E-state index in [1.807, 2.05) is 30.3 Å². The summed E-state index contributed by atoms with van der Waals surface area (Å²) in [6, 6.07) is 13.0. The molecule has 0 saturated heterocycles. The average Bonchev–Trinajstić information content (AvgIpc) is 3.39. The van der Waals surface area contributed by atoms with Crippen molar-refractivity contribution < 1.29 is 9.21 Å². The summed E-state index contributed by atoms with van der Waals surface area (Å²) in [6.07, 6.45) is 1.50. The minimum atomic E-state index is -0.339. The van der Waals surface area contributed by atoms with Crippen molar-refractivity contribution in [1.29, 1.82) is 0 Å². The summed E-state index contributed by atoms with van der Waals surface area (Å²) in [5.74, 6) is 1.28. The van der Waals surface area contributed by atoms with E-state index in [1.54, 1.807) is 36.9 Å². The molecular weight excluding hydrogens is 358 g/mol. The van der Waals surface area contributed by atoms with Crippen molar-refractivity contribution in [3.05, 3.63) is 76.1 Å². The first-order chi connectivity index (χ1) is 13.5. The van der Waals surface area contributed by atoms with Crippen molar-refractivity contribution in [3.63, 3.8) is 0 Å². The fraction of sp³-hybridized carbons (Fsp3) is 0.200. The number of benzene rings is 1. The van der Waals surface area contributed by atoms with Gasteiger partial charge in [0, 0.05) is 23.9 Å². The first-order valence-electron chi connectivity index (χ1n) is 8.84. The van der Waals surface area contributed by atoms with Gasteiger partial charge in [-0.25, -0.2) is 0 Å². The lowest BCUT2D eigenvalue weighted by molar-refractivity contribution is -0.120. The summed E-state index contributed by atoms with van der Waals surface area (Å²) in [6.45, 7) is 2.07. The molecule has 0 atom stereocenters. The maximum Gasteiger partial charge on any atom is 0.279 e. The van der Waals surface area contributed by atoms with Crippen molar-refractivity contribution in [3.8, 4) is 11.4 Å². The van der Waals surface area contributed by atoms with Gasteiger partial charge >= 0.3 is 0 Å². The standard InChI is InChI=1S/C20H19N5O3/c1-13-16(11-17(26)21-12-15-9-6-10-28-15)19(27)25-20(24(13)2)22-18(23-25)14-7-4-3-5-8-14/h3-10H,11-12H2,1-2H3,(H,21,26). The van der Waals surface area contributed by atoms with Crippen LogP contribution in [0, 0.1) is 6.92 Å². The molecule has 142 valence electrons. The number of aromatic nitrogens is 4. The molecule has 0 fully saturated rings. The van der Waals surface area contributed by atoms with Gasteiger partial charge in [0.25, 0.3) is 5.56 Å². The fourth-order valence-corrected chi connectivity index (χ4v) is 3.03. The Hall–Kier alpha value is -3.68. The molecule has 1 amide bonds. The highest BCUT2D eigenvalue weighted by Crippen LogP contribution is 2.16. The second kappa shape index (κ2) is 7.15. The Bertz CT molecular complexity index is 1190. The molecule has 0 radical (unpaired) electrons. The molecule has 3 aromatic heterocycles. The van der Waals surface area contributed by atoms with E-state index in [1.165, 1.54) is 4.52 Å². The number of fused-ring (bicyclic) bond motifs is 1. The quantitative estimate of drug-likeness (QED) is 0.573. The number of carbonyl (C=O) groups is 1. The number of aryl methyl sites for hydroxylation is 1. The lowest BCUT2D eigenvalue weighted by Crippen LogP contribution is -2.31. The van der Waals surface area contributed by atoms with Crippen LogP contribution in [0.5, 0.6) is 0 Å². The molecule has 0 unspecified atom stereocenters. The van der Waals surface area contributed by atoms with Crippen LogP contribution >= 0.6 is 0 Å². The van der Waals surface area contributed by atoms with E-state index < -0.39 is 0 Å². The summed E-state index contributed by atoms with van der Waals surface area (Å²) in [5, 5.41) is 7.12. The number of rotatable bonds is 5. The molecule has 28 heavy (non-hydrogen) atoms. The molecule has 4 aromatic rings. The first kappa shape index (κ1) is 17.7. The van der Waals surface area contributed by atoms with Crippen molar-refractivity contribution >= 4 is 11.7 Å². The maximum absolute atomic E-state index is 13.0. The largest absolute Gasteiger partial charge is 0.467 e. The number of amides is 1. The van der Waals surface area contributed by atoms with E-state index in [0.29, 0.717) is 28.6 Å². The van der Waals surface area contributed by atoms with Crippen LogP contribution < -0.4 is 10.9 Å². The smallest absolute Gasteiger partial charge is 0.279 e. The molecular formula is C20H19N5O3. The third kappa shape index (κ3) is 3.20. The van der Waals surface area contributed by atoms with Crippen LogP contribution in [0.25, 0.3) is 17.2 Å². The van der Waals surface area contributed by atoms with E-state index in [0.717, 1.165) is 5.56 Å². The Labute approximate surface area is 160 Å². The van der Waals surface area contributed by atoms with E-state index >= 15 is 0 Å². The van der Waals surface area contributed by atoms with Crippen LogP contribution in [-0.4, -0.2) is 25.1 Å². The minimum absolute atomic E-state index is 0.0459. The van der Waals surface area contributed by atoms with Crippen LogP contribution in [-0.2, 0) is 24.8 Å². The minimum Gasteiger partial charge on any atom is -0.467 e. The molecule has 0 bridgehead atoms. The van der Waals surface area contributed by atoms with Gasteiger partial charge in [0.2, 0.25) is 11.7 Å². The third-order valence-electron chi connectivity index (χ3n) is 4.69. The Balaban J connectivity index is 1.67. The van der Waals surface area contributed by atoms with Gasteiger partial charge in [0.15, 0.2) is 5.82 Å². The van der Waals surface area contributed by atoms with Crippen LogP contribution in [0.2, 0.25) is 0 Å². The Morgan fingerprint density at radius 3 is 2.68 bits per heavy atom. The zero-order valence-electron chi connectivity index (χ0n) is 15.5. The van der Waals surface area contributed by atoms with Gasteiger partial charge in [0.05, 0.1) is 19.2 Å². The summed E-state index contributed by atoms with van der Waals surface area (Å²) in [5.41, 5.74) is 1.54. The molecule has 1 aromatic carbocycles. The summed E-state index contributed by atoms with van der Waals surface area (Å²) in [7, 11) is 1.80. The van der Waals surface area contributed by atoms with Crippen molar-refractivity contribution in [2.24, 2.45) is 7.05 Å². The van der Waals surface area contributed by atoms with Crippen molar-refractivity contribution in [2.75, 3.05) is 0 Å². The normalized spacial score (nSPS) is 11.1. The number of nitrogens with one attached hydrogen (secondary N) is 1. The molecule has 0 aliphatic heterocycles. The second-order valence-corrected chi connectivity index (χ2v) is 6.47. The Morgan fingerprint density at radius 1 is 1.18 bits per heavy atom. The van der Waals surface area contributed by atoms with Crippen molar-refractivity contribution in [2.45, 2.75) is 19.9 Å². The van der Waals surface area contributed by atoms with Gasteiger partial charge in [-0.05, 0) is 19.1 Å². The van der Waals surface area contributed by atoms with E-state index in [-0.39, 0.29) is 24.4 Å². The van der Waals surface area contributed by atoms with Gasteiger partial charge in [-0.3, -0.25) is 9.59 Å². The van der Waals surface area contributed by atoms with Gasteiger partial charge in [-0.2, -0.15) is 9.50 Å². The average molecular weight is 377 g/mol. The van der Waals surface area contributed by atoms with Crippen LogP contribution in [0.3, 0.4) is 0 Å². The van der Waals surface area contributed by atoms with Gasteiger partial charge in [-0.1, -0.05) is 30.3 Å². The van der Waals surface area contributed by atoms with Crippen molar-refractivity contribution in [1.82, 2.24) is 24.5 Å². The number of nitrogens with zero attached hydrogens (tertiary/aromatic N) is 4. The fourth-order valence-electron chi connectivity index (χ4n) is 3.03. The number of carbonyl (C=O) groups excluding carboxylic acids is 1. The van der Waals surface area contributed by atoms with Gasteiger partial charge in [-0.15, -0.1) is 5.10 Å². The lowest BCUT2D eigenvalue weighted by Gasteiger charge is -2.11. The third-order valence-corrected chi connectivity index (χ3v) is 4.69. The van der Waals surface area contributed by atoms with Crippen LogP contribution in [0.1, 0.15) is 17.0 Å². The number of furan rings is 1. The van der Waals surface area contributed by atoms with E-state index in [2.05, 4.69) is 15.4 Å². The van der Waals surface area contributed by atoms with Gasteiger partial charge in [0.1, 0.15) is 5.76 Å². The highest BCUT2D eigenvalue weighted by Gasteiger charge is 2.19. The van der Waals surface area contributed by atoms with Crippen LogP contribution in [0.15, 0.2) is 57.9 Å². The number of hydrogen-bond donors (Lipinski definition) is 1.